The number of fused-ring (bicyclic) bond motifs is 1. The van der Waals surface area contributed by atoms with Crippen LogP contribution in [-0.4, -0.2) is 30.9 Å². The van der Waals surface area contributed by atoms with Gasteiger partial charge in [0.1, 0.15) is 6.54 Å². The molecule has 0 aromatic heterocycles. The summed E-state index contributed by atoms with van der Waals surface area (Å²) in [7, 11) is 0. The van der Waals surface area contributed by atoms with Crippen molar-refractivity contribution in [3.05, 3.63) is 48.0 Å². The van der Waals surface area contributed by atoms with Crippen LogP contribution in [0.2, 0.25) is 0 Å². The first-order valence-electron chi connectivity index (χ1n) is 8.14. The third-order valence-electron chi connectivity index (χ3n) is 3.82. The molecule has 0 fully saturated rings. The zero-order chi connectivity index (χ0) is 18.7. The van der Waals surface area contributed by atoms with Crippen molar-refractivity contribution in [1.29, 1.82) is 0 Å². The second-order valence-electron chi connectivity index (χ2n) is 6.11. The number of amides is 2. The lowest BCUT2D eigenvalue weighted by atomic mass is 10.1. The van der Waals surface area contributed by atoms with Crippen molar-refractivity contribution in [3.8, 4) is 5.75 Å². The molecule has 134 valence electrons. The normalized spacial score (nSPS) is 12.8. The molecule has 2 aromatic carbocycles. The second-order valence-corrected chi connectivity index (χ2v) is 6.11. The van der Waals surface area contributed by atoms with Gasteiger partial charge in [-0.25, -0.2) is 4.79 Å². The first kappa shape index (κ1) is 17.5. The van der Waals surface area contributed by atoms with E-state index >= 15 is 0 Å². The number of nitrogens with zero attached hydrogens (tertiary/aromatic N) is 1. The summed E-state index contributed by atoms with van der Waals surface area (Å²) >= 11 is 0. The molecule has 0 saturated carbocycles. The average molecular weight is 353 g/mol. The Morgan fingerprint density at radius 3 is 2.38 bits per heavy atom. The molecule has 3 rings (SSSR count). The fourth-order valence-electron chi connectivity index (χ4n) is 2.72. The number of hydrogen-bond donors (Lipinski definition) is 2. The largest absolute Gasteiger partial charge is 0.423 e. The van der Waals surface area contributed by atoms with Crippen LogP contribution in [0.4, 0.5) is 17.1 Å². The van der Waals surface area contributed by atoms with E-state index in [0.717, 1.165) is 5.56 Å². The standard InChI is InChI=1S/C19H19N3O4/c1-12-3-8-16-17(9-12)26-19(25)11-22(16)10-18(24)21-15-6-4-14(5-7-15)20-13(2)23/h3-9H,10-11H2,1-2H3,(H,20,23)(H,21,24). The summed E-state index contributed by atoms with van der Waals surface area (Å²) in [6, 6.07) is 12.3. The van der Waals surface area contributed by atoms with Gasteiger partial charge in [-0.2, -0.15) is 0 Å². The minimum atomic E-state index is -0.393. The Kier molecular flexibility index (Phi) is 4.88. The minimum Gasteiger partial charge on any atom is -0.423 e. The van der Waals surface area contributed by atoms with Crippen LogP contribution < -0.4 is 20.3 Å². The summed E-state index contributed by atoms with van der Waals surface area (Å²) in [5.74, 6) is -0.338. The minimum absolute atomic E-state index is 0.0188. The maximum absolute atomic E-state index is 12.4. The molecule has 0 spiro atoms. The summed E-state index contributed by atoms with van der Waals surface area (Å²) in [6.07, 6.45) is 0. The molecule has 0 saturated heterocycles. The highest BCUT2D eigenvalue weighted by Gasteiger charge is 2.25. The molecular weight excluding hydrogens is 334 g/mol. The Morgan fingerprint density at radius 1 is 1.08 bits per heavy atom. The van der Waals surface area contributed by atoms with E-state index in [-0.39, 0.29) is 24.9 Å². The summed E-state index contributed by atoms with van der Waals surface area (Å²) in [5, 5.41) is 5.44. The summed E-state index contributed by atoms with van der Waals surface area (Å²) in [5.41, 5.74) is 2.94. The maximum atomic E-state index is 12.4. The van der Waals surface area contributed by atoms with E-state index in [4.69, 9.17) is 4.74 Å². The van der Waals surface area contributed by atoms with Gasteiger partial charge in [0.25, 0.3) is 0 Å². The van der Waals surface area contributed by atoms with Gasteiger partial charge in [-0.1, -0.05) is 6.07 Å². The lowest BCUT2D eigenvalue weighted by molar-refractivity contribution is -0.133. The van der Waals surface area contributed by atoms with E-state index < -0.39 is 5.97 Å². The fraction of sp³-hybridized carbons (Fsp3) is 0.211. The molecule has 1 aliphatic rings. The predicted molar refractivity (Wildman–Crippen MR) is 98.4 cm³/mol. The number of benzene rings is 2. The highest BCUT2D eigenvalue weighted by atomic mass is 16.5. The quantitative estimate of drug-likeness (QED) is 0.651. The van der Waals surface area contributed by atoms with Gasteiger partial charge >= 0.3 is 5.97 Å². The number of rotatable bonds is 4. The van der Waals surface area contributed by atoms with Crippen molar-refractivity contribution >= 4 is 34.8 Å². The van der Waals surface area contributed by atoms with Crippen molar-refractivity contribution in [3.63, 3.8) is 0 Å². The first-order valence-corrected chi connectivity index (χ1v) is 8.14. The number of nitrogens with one attached hydrogen (secondary N) is 2. The lowest BCUT2D eigenvalue weighted by Gasteiger charge is -2.29. The molecule has 0 aliphatic carbocycles. The van der Waals surface area contributed by atoms with Crippen molar-refractivity contribution in [2.75, 3.05) is 28.6 Å². The summed E-state index contributed by atoms with van der Waals surface area (Å²) in [6.45, 7) is 3.38. The van der Waals surface area contributed by atoms with Gasteiger partial charge in [-0.3, -0.25) is 9.59 Å². The summed E-state index contributed by atoms with van der Waals surface area (Å²) < 4.78 is 5.24. The molecule has 1 aliphatic heterocycles. The maximum Gasteiger partial charge on any atom is 0.331 e. The smallest absolute Gasteiger partial charge is 0.331 e. The van der Waals surface area contributed by atoms with Crippen LogP contribution in [0.3, 0.4) is 0 Å². The number of esters is 1. The van der Waals surface area contributed by atoms with Gasteiger partial charge in [-0.15, -0.1) is 0 Å². The SMILES string of the molecule is CC(=O)Nc1ccc(NC(=O)CN2CC(=O)Oc3cc(C)ccc32)cc1. The lowest BCUT2D eigenvalue weighted by Crippen LogP contribution is -2.41. The third-order valence-corrected chi connectivity index (χ3v) is 3.82. The van der Waals surface area contributed by atoms with Gasteiger partial charge in [0.2, 0.25) is 11.8 Å². The monoisotopic (exact) mass is 353 g/mol. The van der Waals surface area contributed by atoms with Gasteiger partial charge in [0.05, 0.1) is 12.2 Å². The highest BCUT2D eigenvalue weighted by molar-refractivity contribution is 5.96. The fourth-order valence-corrected chi connectivity index (χ4v) is 2.72. The Hall–Kier alpha value is -3.35. The van der Waals surface area contributed by atoms with Crippen molar-refractivity contribution in [1.82, 2.24) is 0 Å². The van der Waals surface area contributed by atoms with Gasteiger partial charge in [-0.05, 0) is 48.9 Å². The molecule has 2 amide bonds. The Labute approximate surface area is 150 Å². The number of aryl methyl sites for hydroxylation is 1. The van der Waals surface area contributed by atoms with Crippen molar-refractivity contribution < 1.29 is 19.1 Å². The molecule has 2 aromatic rings. The zero-order valence-corrected chi connectivity index (χ0v) is 14.5. The van der Waals surface area contributed by atoms with Crippen LogP contribution in [0, 0.1) is 6.92 Å². The van der Waals surface area contributed by atoms with E-state index in [2.05, 4.69) is 10.6 Å². The highest BCUT2D eigenvalue weighted by Crippen LogP contribution is 2.32. The molecule has 0 atom stereocenters. The number of anilines is 3. The molecule has 2 N–H and O–H groups in total. The molecular formula is C19H19N3O4. The predicted octanol–water partition coefficient (Wildman–Crippen LogP) is 2.32. The Bertz CT molecular complexity index is 862. The number of hydrogen-bond acceptors (Lipinski definition) is 5. The van der Waals surface area contributed by atoms with Crippen LogP contribution in [0.25, 0.3) is 0 Å². The third kappa shape index (κ3) is 4.18. The zero-order valence-electron chi connectivity index (χ0n) is 14.5. The van der Waals surface area contributed by atoms with E-state index in [1.54, 1.807) is 35.2 Å². The molecule has 26 heavy (non-hydrogen) atoms. The molecule has 7 heteroatoms. The topological polar surface area (TPSA) is 87.7 Å². The molecule has 0 unspecified atom stereocenters. The van der Waals surface area contributed by atoms with E-state index in [0.29, 0.717) is 22.8 Å². The molecule has 1 heterocycles. The van der Waals surface area contributed by atoms with Crippen LogP contribution in [-0.2, 0) is 14.4 Å². The Balaban J connectivity index is 1.67. The number of carbonyl (C=O) groups is 3. The van der Waals surface area contributed by atoms with Crippen LogP contribution in [0.1, 0.15) is 12.5 Å². The van der Waals surface area contributed by atoms with Gasteiger partial charge in [0, 0.05) is 18.3 Å². The molecule has 0 bridgehead atoms. The molecule has 0 radical (unpaired) electrons. The van der Waals surface area contributed by atoms with Crippen molar-refractivity contribution in [2.45, 2.75) is 13.8 Å². The molecule has 7 nitrogen and oxygen atoms in total. The average Bonchev–Trinajstić information content (AvgIpc) is 2.55. The first-order chi connectivity index (χ1) is 12.4. The van der Waals surface area contributed by atoms with Crippen LogP contribution in [0.15, 0.2) is 42.5 Å². The van der Waals surface area contributed by atoms with Gasteiger partial charge in [0.15, 0.2) is 5.75 Å². The van der Waals surface area contributed by atoms with E-state index in [9.17, 15) is 14.4 Å². The van der Waals surface area contributed by atoms with Gasteiger partial charge < -0.3 is 20.3 Å². The second kappa shape index (κ2) is 7.26. The van der Waals surface area contributed by atoms with Crippen LogP contribution in [0.5, 0.6) is 5.75 Å². The number of ether oxygens (including phenoxy) is 1. The Morgan fingerprint density at radius 2 is 1.73 bits per heavy atom. The van der Waals surface area contributed by atoms with Crippen LogP contribution >= 0.6 is 0 Å². The summed E-state index contributed by atoms with van der Waals surface area (Å²) in [4.78, 5) is 36.8. The number of carbonyl (C=O) groups excluding carboxylic acids is 3. The van der Waals surface area contributed by atoms with Crippen molar-refractivity contribution in [2.24, 2.45) is 0 Å². The van der Waals surface area contributed by atoms with E-state index in [1.807, 2.05) is 19.1 Å². The van der Waals surface area contributed by atoms with E-state index in [1.165, 1.54) is 6.92 Å².